The Morgan fingerprint density at radius 2 is 2.00 bits per heavy atom. The average molecular weight is 194 g/mol. The van der Waals surface area contributed by atoms with E-state index in [9.17, 15) is 4.79 Å². The molecule has 0 aliphatic rings. The van der Waals surface area contributed by atoms with Crippen molar-refractivity contribution in [1.29, 1.82) is 0 Å². The van der Waals surface area contributed by atoms with E-state index in [0.29, 0.717) is 13.0 Å². The van der Waals surface area contributed by atoms with Crippen molar-refractivity contribution >= 4 is 5.91 Å². The largest absolute Gasteiger partial charge is 0.494 e. The molecule has 1 amide bonds. The first-order valence-electron chi connectivity index (χ1n) is 4.43. The van der Waals surface area contributed by atoms with E-state index in [1.807, 2.05) is 30.3 Å². The molecule has 4 heteroatoms. The lowest BCUT2D eigenvalue weighted by molar-refractivity contribution is -0.119. The van der Waals surface area contributed by atoms with Crippen LogP contribution < -0.4 is 16.2 Å². The van der Waals surface area contributed by atoms with E-state index in [2.05, 4.69) is 0 Å². The molecule has 1 aromatic rings. The predicted octanol–water partition coefficient (Wildman–Crippen LogP) is 0.268. The van der Waals surface area contributed by atoms with Gasteiger partial charge in [0, 0.05) is 6.42 Å². The number of primary amides is 1. The van der Waals surface area contributed by atoms with Gasteiger partial charge in [-0.1, -0.05) is 18.2 Å². The number of rotatable bonds is 5. The van der Waals surface area contributed by atoms with Gasteiger partial charge in [0.1, 0.15) is 5.75 Å². The Hall–Kier alpha value is -1.55. The van der Waals surface area contributed by atoms with Crippen LogP contribution in [0, 0.1) is 0 Å². The molecular formula is C10H14N2O2. The van der Waals surface area contributed by atoms with E-state index in [1.54, 1.807) is 0 Å². The molecular weight excluding hydrogens is 180 g/mol. The van der Waals surface area contributed by atoms with E-state index in [1.165, 1.54) is 0 Å². The Balaban J connectivity index is 2.26. The summed E-state index contributed by atoms with van der Waals surface area (Å²) in [5, 5.41) is 0. The summed E-state index contributed by atoms with van der Waals surface area (Å²) in [7, 11) is 0. The number of carbonyl (C=O) groups excluding carboxylic acids is 1. The normalized spacial score (nSPS) is 12.1. The number of para-hydroxylation sites is 1. The third-order valence-electron chi connectivity index (χ3n) is 1.81. The summed E-state index contributed by atoms with van der Waals surface area (Å²) in [4.78, 5) is 10.6. The topological polar surface area (TPSA) is 78.3 Å². The fourth-order valence-corrected chi connectivity index (χ4v) is 0.963. The molecule has 1 unspecified atom stereocenters. The molecule has 0 heterocycles. The second kappa shape index (κ2) is 5.24. The van der Waals surface area contributed by atoms with Crippen molar-refractivity contribution in [1.82, 2.24) is 0 Å². The summed E-state index contributed by atoms with van der Waals surface area (Å²) in [6, 6.07) is 8.72. The van der Waals surface area contributed by atoms with Crippen molar-refractivity contribution in [2.45, 2.75) is 12.5 Å². The number of benzene rings is 1. The van der Waals surface area contributed by atoms with E-state index in [0.717, 1.165) is 5.75 Å². The van der Waals surface area contributed by atoms with Crippen molar-refractivity contribution in [2.24, 2.45) is 11.5 Å². The van der Waals surface area contributed by atoms with Gasteiger partial charge in [-0.2, -0.15) is 0 Å². The highest BCUT2D eigenvalue weighted by Crippen LogP contribution is 2.08. The summed E-state index contributed by atoms with van der Waals surface area (Å²) in [6.07, 6.45) is 0.435. The third-order valence-corrected chi connectivity index (χ3v) is 1.81. The number of carbonyl (C=O) groups is 1. The number of hydrogen-bond acceptors (Lipinski definition) is 3. The Labute approximate surface area is 82.8 Å². The third kappa shape index (κ3) is 3.45. The van der Waals surface area contributed by atoms with Crippen LogP contribution in [0.1, 0.15) is 6.42 Å². The molecule has 0 bridgehead atoms. The zero-order valence-electron chi connectivity index (χ0n) is 7.85. The first-order valence-corrected chi connectivity index (χ1v) is 4.43. The van der Waals surface area contributed by atoms with Crippen molar-refractivity contribution in [3.05, 3.63) is 30.3 Å². The summed E-state index contributed by atoms with van der Waals surface area (Å²) in [5.74, 6) is 0.269. The molecule has 1 atom stereocenters. The lowest BCUT2D eigenvalue weighted by Crippen LogP contribution is -2.37. The predicted molar refractivity (Wildman–Crippen MR) is 53.7 cm³/mol. The average Bonchev–Trinajstić information content (AvgIpc) is 2.19. The zero-order valence-corrected chi connectivity index (χ0v) is 7.85. The highest BCUT2D eigenvalue weighted by atomic mass is 16.5. The van der Waals surface area contributed by atoms with Gasteiger partial charge in [-0.15, -0.1) is 0 Å². The summed E-state index contributed by atoms with van der Waals surface area (Å²) in [5.41, 5.74) is 10.4. The molecule has 1 rings (SSSR count). The van der Waals surface area contributed by atoms with E-state index in [-0.39, 0.29) is 0 Å². The minimum absolute atomic E-state index is 0.397. The summed E-state index contributed by atoms with van der Waals surface area (Å²) in [6.45, 7) is 0.397. The van der Waals surface area contributed by atoms with Crippen LogP contribution in [0.25, 0.3) is 0 Å². The number of nitrogens with two attached hydrogens (primary N) is 2. The van der Waals surface area contributed by atoms with Gasteiger partial charge in [0.2, 0.25) is 5.91 Å². The smallest absolute Gasteiger partial charge is 0.234 e. The van der Waals surface area contributed by atoms with E-state index in [4.69, 9.17) is 16.2 Å². The summed E-state index contributed by atoms with van der Waals surface area (Å²) < 4.78 is 5.34. The maximum Gasteiger partial charge on any atom is 0.234 e. The zero-order chi connectivity index (χ0) is 10.4. The first kappa shape index (κ1) is 10.5. The van der Waals surface area contributed by atoms with Gasteiger partial charge in [-0.3, -0.25) is 4.79 Å². The Morgan fingerprint density at radius 3 is 2.57 bits per heavy atom. The van der Waals surface area contributed by atoms with Crippen molar-refractivity contribution in [3.8, 4) is 5.75 Å². The fourth-order valence-electron chi connectivity index (χ4n) is 0.963. The van der Waals surface area contributed by atoms with Crippen LogP contribution in [0.15, 0.2) is 30.3 Å². The standard InChI is InChI=1S/C10H14N2O2/c11-9(10(12)13)6-7-14-8-4-2-1-3-5-8/h1-5,9H,6-7,11H2,(H2,12,13). The monoisotopic (exact) mass is 194 g/mol. The van der Waals surface area contributed by atoms with Gasteiger partial charge in [-0.05, 0) is 12.1 Å². The van der Waals surface area contributed by atoms with Crippen molar-refractivity contribution in [3.63, 3.8) is 0 Å². The molecule has 1 aromatic carbocycles. The fraction of sp³-hybridized carbons (Fsp3) is 0.300. The molecule has 4 N–H and O–H groups in total. The molecule has 0 fully saturated rings. The molecule has 76 valence electrons. The summed E-state index contributed by atoms with van der Waals surface area (Å²) >= 11 is 0. The second-order valence-corrected chi connectivity index (χ2v) is 2.96. The van der Waals surface area contributed by atoms with Crippen LogP contribution in [0.3, 0.4) is 0 Å². The van der Waals surface area contributed by atoms with Crippen molar-refractivity contribution < 1.29 is 9.53 Å². The first-order chi connectivity index (χ1) is 6.70. The van der Waals surface area contributed by atoms with Crippen LogP contribution in [-0.4, -0.2) is 18.6 Å². The molecule has 14 heavy (non-hydrogen) atoms. The number of ether oxygens (including phenoxy) is 1. The molecule has 0 aromatic heterocycles. The Kier molecular flexibility index (Phi) is 3.94. The quantitative estimate of drug-likeness (QED) is 0.706. The maximum atomic E-state index is 10.6. The molecule has 0 aliphatic carbocycles. The van der Waals surface area contributed by atoms with Gasteiger partial charge < -0.3 is 16.2 Å². The second-order valence-electron chi connectivity index (χ2n) is 2.96. The lowest BCUT2D eigenvalue weighted by Gasteiger charge is -2.08. The van der Waals surface area contributed by atoms with Crippen molar-refractivity contribution in [2.75, 3.05) is 6.61 Å². The van der Waals surface area contributed by atoms with E-state index >= 15 is 0 Å². The number of hydrogen-bond donors (Lipinski definition) is 2. The van der Waals surface area contributed by atoms with Gasteiger partial charge in [0.15, 0.2) is 0 Å². The molecule has 0 radical (unpaired) electrons. The van der Waals surface area contributed by atoms with Gasteiger partial charge in [0.05, 0.1) is 12.6 Å². The Morgan fingerprint density at radius 1 is 1.36 bits per heavy atom. The highest BCUT2D eigenvalue weighted by Gasteiger charge is 2.08. The molecule has 0 aliphatic heterocycles. The minimum Gasteiger partial charge on any atom is -0.494 e. The van der Waals surface area contributed by atoms with Gasteiger partial charge >= 0.3 is 0 Å². The van der Waals surface area contributed by atoms with Crippen LogP contribution in [0.2, 0.25) is 0 Å². The number of amides is 1. The SMILES string of the molecule is NC(=O)C(N)CCOc1ccccc1. The van der Waals surface area contributed by atoms with Gasteiger partial charge in [-0.25, -0.2) is 0 Å². The molecule has 0 spiro atoms. The Bertz CT molecular complexity index is 287. The van der Waals surface area contributed by atoms with Crippen LogP contribution in [-0.2, 0) is 4.79 Å². The van der Waals surface area contributed by atoms with Crippen LogP contribution in [0.4, 0.5) is 0 Å². The van der Waals surface area contributed by atoms with Gasteiger partial charge in [0.25, 0.3) is 0 Å². The molecule has 4 nitrogen and oxygen atoms in total. The van der Waals surface area contributed by atoms with E-state index < -0.39 is 11.9 Å². The van der Waals surface area contributed by atoms with Crippen LogP contribution in [0.5, 0.6) is 5.75 Å². The minimum atomic E-state index is -0.626. The molecule has 0 saturated heterocycles. The lowest BCUT2D eigenvalue weighted by atomic mass is 10.2. The van der Waals surface area contributed by atoms with Crippen LogP contribution >= 0.6 is 0 Å². The highest BCUT2D eigenvalue weighted by molar-refractivity contribution is 5.79. The maximum absolute atomic E-state index is 10.6. The molecule has 0 saturated carbocycles.